The van der Waals surface area contributed by atoms with E-state index < -0.39 is 0 Å². The number of aromatic nitrogens is 4. The van der Waals surface area contributed by atoms with Crippen molar-refractivity contribution in [1.29, 1.82) is 5.26 Å². The summed E-state index contributed by atoms with van der Waals surface area (Å²) in [4.78, 5) is 0.792. The van der Waals surface area contributed by atoms with Crippen molar-refractivity contribution in [2.75, 3.05) is 0 Å². The molecule has 92 valence electrons. The molecule has 0 fully saturated rings. The summed E-state index contributed by atoms with van der Waals surface area (Å²) >= 11 is 7.22. The molecule has 0 aliphatic carbocycles. The molecule has 0 amide bonds. The average molecular weight is 288 g/mol. The zero-order valence-electron chi connectivity index (χ0n) is 9.46. The number of hydrogen-bond acceptors (Lipinski definition) is 5. The third kappa shape index (κ3) is 2.21. The fourth-order valence-electron chi connectivity index (χ4n) is 1.65. The van der Waals surface area contributed by atoms with Crippen molar-refractivity contribution < 1.29 is 0 Å². The van der Waals surface area contributed by atoms with Crippen LogP contribution in [0.25, 0.3) is 21.8 Å². The summed E-state index contributed by atoms with van der Waals surface area (Å²) in [5.41, 5.74) is 2.51. The van der Waals surface area contributed by atoms with Crippen molar-refractivity contribution in [3.05, 3.63) is 41.0 Å². The molecule has 19 heavy (non-hydrogen) atoms. The van der Waals surface area contributed by atoms with E-state index in [4.69, 9.17) is 16.9 Å². The molecule has 2 aromatic heterocycles. The second-order valence-corrected chi connectivity index (χ2v) is 4.96. The predicted octanol–water partition coefficient (Wildman–Crippen LogP) is 3.12. The maximum atomic E-state index is 8.92. The minimum absolute atomic E-state index is 0.265. The van der Waals surface area contributed by atoms with Gasteiger partial charge in [-0.05, 0) is 29.7 Å². The van der Waals surface area contributed by atoms with Crippen molar-refractivity contribution in [1.82, 2.24) is 19.8 Å². The highest BCUT2D eigenvalue weighted by Gasteiger charge is 2.14. The van der Waals surface area contributed by atoms with E-state index in [0.717, 1.165) is 16.1 Å². The number of nitrogens with zero attached hydrogens (tertiary/aromatic N) is 4. The van der Waals surface area contributed by atoms with E-state index in [2.05, 4.69) is 19.8 Å². The smallest absolute Gasteiger partial charge is 0.191 e. The van der Waals surface area contributed by atoms with Crippen LogP contribution in [0.4, 0.5) is 0 Å². The van der Waals surface area contributed by atoms with Gasteiger partial charge in [-0.3, -0.25) is 0 Å². The monoisotopic (exact) mass is 287 g/mol. The third-order valence-electron chi connectivity index (χ3n) is 2.52. The number of halogens is 1. The normalized spacial score (nSPS) is 10.3. The fraction of sp³-hybridized carbons (Fsp3) is 0. The van der Waals surface area contributed by atoms with Gasteiger partial charge < -0.3 is 0 Å². The van der Waals surface area contributed by atoms with E-state index in [-0.39, 0.29) is 5.69 Å². The van der Waals surface area contributed by atoms with Crippen LogP contribution in [0.15, 0.2) is 30.3 Å². The Morgan fingerprint density at radius 3 is 2.95 bits per heavy atom. The number of H-pyrrole nitrogens is 1. The summed E-state index contributed by atoms with van der Waals surface area (Å²) in [6, 6.07) is 11.3. The number of hydrogen-bond donors (Lipinski definition) is 1. The first-order chi connectivity index (χ1) is 9.28. The van der Waals surface area contributed by atoms with Crippen LogP contribution < -0.4 is 0 Å². The SMILES string of the molecule is N#Cc1n[nH]nc1-c1cc(-c2cccc(Cl)c2)ns1. The van der Waals surface area contributed by atoms with Crippen molar-refractivity contribution >= 4 is 23.1 Å². The number of nitrogens with one attached hydrogen (secondary N) is 1. The van der Waals surface area contributed by atoms with E-state index in [1.165, 1.54) is 11.5 Å². The van der Waals surface area contributed by atoms with Gasteiger partial charge in [0, 0.05) is 10.6 Å². The van der Waals surface area contributed by atoms with Gasteiger partial charge in [-0.15, -0.1) is 5.10 Å². The lowest BCUT2D eigenvalue weighted by molar-refractivity contribution is 0.937. The summed E-state index contributed by atoms with van der Waals surface area (Å²) in [5, 5.41) is 19.8. The van der Waals surface area contributed by atoms with Gasteiger partial charge in [0.05, 0.1) is 10.6 Å². The Bertz CT molecular complexity index is 770. The molecule has 1 aromatic carbocycles. The molecule has 0 aliphatic rings. The quantitative estimate of drug-likeness (QED) is 0.785. The third-order valence-corrected chi connectivity index (χ3v) is 3.55. The number of benzene rings is 1. The van der Waals surface area contributed by atoms with Crippen LogP contribution in [-0.4, -0.2) is 19.8 Å². The summed E-state index contributed by atoms with van der Waals surface area (Å²) in [7, 11) is 0. The van der Waals surface area contributed by atoms with Crippen molar-refractivity contribution in [2.24, 2.45) is 0 Å². The first kappa shape index (κ1) is 11.8. The average Bonchev–Trinajstić information content (AvgIpc) is 3.07. The highest BCUT2D eigenvalue weighted by Crippen LogP contribution is 2.30. The second-order valence-electron chi connectivity index (χ2n) is 3.72. The minimum atomic E-state index is 0.265. The van der Waals surface area contributed by atoms with Crippen LogP contribution in [-0.2, 0) is 0 Å². The van der Waals surface area contributed by atoms with Crippen LogP contribution in [0.2, 0.25) is 5.02 Å². The topological polar surface area (TPSA) is 78.2 Å². The van der Waals surface area contributed by atoms with Gasteiger partial charge in [0.15, 0.2) is 5.69 Å². The second kappa shape index (κ2) is 4.80. The molecule has 0 spiro atoms. The Balaban J connectivity index is 2.03. The maximum Gasteiger partial charge on any atom is 0.191 e. The molecule has 0 radical (unpaired) electrons. The minimum Gasteiger partial charge on any atom is -0.196 e. The molecule has 0 bridgehead atoms. The van der Waals surface area contributed by atoms with Crippen molar-refractivity contribution in [2.45, 2.75) is 0 Å². The van der Waals surface area contributed by atoms with E-state index >= 15 is 0 Å². The van der Waals surface area contributed by atoms with Crippen LogP contribution >= 0.6 is 23.1 Å². The first-order valence-corrected chi connectivity index (χ1v) is 6.47. The highest BCUT2D eigenvalue weighted by molar-refractivity contribution is 7.09. The van der Waals surface area contributed by atoms with Crippen molar-refractivity contribution in [3.63, 3.8) is 0 Å². The molecule has 0 saturated carbocycles. The van der Waals surface area contributed by atoms with Gasteiger partial charge in [-0.1, -0.05) is 23.7 Å². The lowest BCUT2D eigenvalue weighted by atomic mass is 10.1. The van der Waals surface area contributed by atoms with Crippen molar-refractivity contribution in [3.8, 4) is 27.9 Å². The van der Waals surface area contributed by atoms with Gasteiger partial charge in [0.25, 0.3) is 0 Å². The van der Waals surface area contributed by atoms with Gasteiger partial charge in [-0.2, -0.15) is 19.9 Å². The summed E-state index contributed by atoms with van der Waals surface area (Å²) in [6.45, 7) is 0. The molecule has 0 aliphatic heterocycles. The van der Waals surface area contributed by atoms with E-state index in [1.54, 1.807) is 0 Å². The lowest BCUT2D eigenvalue weighted by Crippen LogP contribution is -1.78. The maximum absolute atomic E-state index is 8.92. The number of aromatic amines is 1. The molecule has 5 nitrogen and oxygen atoms in total. The lowest BCUT2D eigenvalue weighted by Gasteiger charge is -1.95. The molecule has 0 atom stereocenters. The van der Waals surface area contributed by atoms with Gasteiger partial charge in [0.2, 0.25) is 0 Å². The van der Waals surface area contributed by atoms with E-state index in [1.807, 2.05) is 36.4 Å². The number of rotatable bonds is 2. The van der Waals surface area contributed by atoms with E-state index in [0.29, 0.717) is 10.7 Å². The zero-order valence-corrected chi connectivity index (χ0v) is 11.0. The molecule has 7 heteroatoms. The molecule has 1 N–H and O–H groups in total. The van der Waals surface area contributed by atoms with E-state index in [9.17, 15) is 0 Å². The zero-order chi connectivity index (χ0) is 13.2. The van der Waals surface area contributed by atoms with Crippen LogP contribution in [0, 0.1) is 11.3 Å². The van der Waals surface area contributed by atoms with Crippen LogP contribution in [0.3, 0.4) is 0 Å². The Morgan fingerprint density at radius 2 is 2.16 bits per heavy atom. The fourth-order valence-corrected chi connectivity index (χ4v) is 2.59. The first-order valence-electron chi connectivity index (χ1n) is 5.32. The highest BCUT2D eigenvalue weighted by atomic mass is 35.5. The summed E-state index contributed by atoms with van der Waals surface area (Å²) in [5.74, 6) is 0. The standard InChI is InChI=1S/C12H6ClN5S/c13-8-3-1-2-7(4-8)9-5-11(19-17-9)12-10(6-14)15-18-16-12/h1-5H,(H,15,16,18). The largest absolute Gasteiger partial charge is 0.196 e. The molecular weight excluding hydrogens is 282 g/mol. The van der Waals surface area contributed by atoms with Crippen LogP contribution in [0.5, 0.6) is 0 Å². The summed E-state index contributed by atoms with van der Waals surface area (Å²) in [6.07, 6.45) is 0. The summed E-state index contributed by atoms with van der Waals surface area (Å²) < 4.78 is 4.35. The Kier molecular flexibility index (Phi) is 2.99. The van der Waals surface area contributed by atoms with Crippen LogP contribution in [0.1, 0.15) is 5.69 Å². The number of nitriles is 1. The van der Waals surface area contributed by atoms with Gasteiger partial charge in [-0.25, -0.2) is 0 Å². The molecule has 0 saturated heterocycles. The molecule has 3 aromatic rings. The van der Waals surface area contributed by atoms with Gasteiger partial charge in [0.1, 0.15) is 11.8 Å². The Morgan fingerprint density at radius 1 is 1.26 bits per heavy atom. The molecule has 0 unspecified atom stereocenters. The Hall–Kier alpha value is -2.23. The predicted molar refractivity (Wildman–Crippen MR) is 72.7 cm³/mol. The van der Waals surface area contributed by atoms with Gasteiger partial charge >= 0.3 is 0 Å². The molecule has 3 rings (SSSR count). The Labute approximate surface area is 117 Å². The molecule has 2 heterocycles. The molecular formula is C12H6ClN5S.